The summed E-state index contributed by atoms with van der Waals surface area (Å²) in [5.41, 5.74) is 2.22. The quantitative estimate of drug-likeness (QED) is 0.0815. The van der Waals surface area contributed by atoms with Crippen molar-refractivity contribution in [2.24, 2.45) is 0 Å². The number of rotatable bonds is 14. The fraction of sp³-hybridized carbons (Fsp3) is 0.233. The molecule has 0 aliphatic heterocycles. The Kier molecular flexibility index (Phi) is 8.73. The topological polar surface area (TPSA) is 172 Å². The number of benzene rings is 2. The van der Waals surface area contributed by atoms with Crippen LogP contribution >= 0.6 is 11.3 Å². The van der Waals surface area contributed by atoms with Crippen LogP contribution in [0.25, 0.3) is 11.0 Å². The van der Waals surface area contributed by atoms with Gasteiger partial charge in [0.25, 0.3) is 21.6 Å². The Morgan fingerprint density at radius 1 is 1.16 bits per heavy atom. The van der Waals surface area contributed by atoms with Crippen LogP contribution in [0, 0.1) is 10.1 Å². The number of nitro groups is 1. The van der Waals surface area contributed by atoms with Crippen molar-refractivity contribution in [1.82, 2.24) is 24.6 Å². The fourth-order valence-electron chi connectivity index (χ4n) is 4.92. The number of aromatic nitrogens is 3. The molecule has 1 saturated carbocycles. The molecular weight excluding hydrogens is 619 g/mol. The molecule has 3 heterocycles. The number of amides is 1. The van der Waals surface area contributed by atoms with Gasteiger partial charge in [-0.15, -0.1) is 11.3 Å². The van der Waals surface area contributed by atoms with Gasteiger partial charge in [0.05, 0.1) is 27.1 Å². The second kappa shape index (κ2) is 13.0. The molecule has 15 heteroatoms. The third-order valence-electron chi connectivity index (χ3n) is 7.28. The molecule has 45 heavy (non-hydrogen) atoms. The average molecular weight is 648 g/mol. The monoisotopic (exact) mass is 647 g/mol. The Morgan fingerprint density at radius 3 is 2.78 bits per heavy atom. The highest BCUT2D eigenvalue weighted by Gasteiger charge is 2.29. The molecule has 0 unspecified atom stereocenters. The summed E-state index contributed by atoms with van der Waals surface area (Å²) < 4.78 is 34.2. The van der Waals surface area contributed by atoms with Gasteiger partial charge in [0.15, 0.2) is 0 Å². The van der Waals surface area contributed by atoms with Gasteiger partial charge >= 0.3 is 0 Å². The molecule has 0 atom stereocenters. The summed E-state index contributed by atoms with van der Waals surface area (Å²) in [5, 5.41) is 15.8. The van der Waals surface area contributed by atoms with E-state index < -0.39 is 31.4 Å². The third-order valence-corrected chi connectivity index (χ3v) is 9.37. The smallest absolute Gasteiger partial charge is 0.293 e. The van der Waals surface area contributed by atoms with Gasteiger partial charge in [-0.1, -0.05) is 12.1 Å². The molecule has 6 rings (SSSR count). The summed E-state index contributed by atoms with van der Waals surface area (Å²) in [5.74, 6) is -0.492. The van der Waals surface area contributed by atoms with Crippen LogP contribution in [0.1, 0.15) is 34.5 Å². The van der Waals surface area contributed by atoms with E-state index in [-0.39, 0.29) is 17.0 Å². The number of carbonyl (C=O) groups excluding carboxylic acids is 1. The van der Waals surface area contributed by atoms with Crippen molar-refractivity contribution >= 4 is 49.7 Å². The number of hydrogen-bond acceptors (Lipinski definition) is 11. The largest absolute Gasteiger partial charge is 0.455 e. The molecule has 0 radical (unpaired) electrons. The SMILES string of the molecule is O=C(NS(=O)(=O)c1ccc(NCCCN(Cc2cncs2)C2CC2)c([N+](=O)[O-])c1)c1ccccc1Oc1cnc2[nH]ccc2c1. The van der Waals surface area contributed by atoms with Crippen molar-refractivity contribution in [1.29, 1.82) is 0 Å². The Labute approximate surface area is 262 Å². The Balaban J connectivity index is 1.11. The highest BCUT2D eigenvalue weighted by molar-refractivity contribution is 7.90. The number of sulfonamides is 1. The van der Waals surface area contributed by atoms with E-state index in [1.807, 2.05) is 22.5 Å². The van der Waals surface area contributed by atoms with E-state index in [0.29, 0.717) is 24.0 Å². The number of nitro benzene ring substituents is 1. The highest BCUT2D eigenvalue weighted by Crippen LogP contribution is 2.31. The van der Waals surface area contributed by atoms with Gasteiger partial charge in [0, 0.05) is 54.4 Å². The van der Waals surface area contributed by atoms with Gasteiger partial charge in [0.2, 0.25) is 0 Å². The number of para-hydroxylation sites is 1. The van der Waals surface area contributed by atoms with Crippen LogP contribution < -0.4 is 14.8 Å². The minimum atomic E-state index is -4.47. The van der Waals surface area contributed by atoms with E-state index in [4.69, 9.17) is 4.74 Å². The number of aromatic amines is 1. The Hall–Kier alpha value is -4.86. The minimum absolute atomic E-state index is 0.0430. The van der Waals surface area contributed by atoms with E-state index >= 15 is 0 Å². The molecule has 3 N–H and O–H groups in total. The number of hydrogen-bond donors (Lipinski definition) is 3. The molecule has 0 bridgehead atoms. The number of H-pyrrole nitrogens is 1. The van der Waals surface area contributed by atoms with Gasteiger partial charge in [-0.2, -0.15) is 0 Å². The van der Waals surface area contributed by atoms with Crippen LogP contribution in [0.4, 0.5) is 11.4 Å². The number of thiazole rings is 1. The molecule has 13 nitrogen and oxygen atoms in total. The zero-order chi connectivity index (χ0) is 31.4. The first-order chi connectivity index (χ1) is 21.8. The molecule has 0 saturated heterocycles. The third kappa shape index (κ3) is 7.28. The first-order valence-electron chi connectivity index (χ1n) is 14.2. The van der Waals surface area contributed by atoms with Crippen molar-refractivity contribution in [2.45, 2.75) is 36.7 Å². The summed E-state index contributed by atoms with van der Waals surface area (Å²) in [4.78, 5) is 38.9. The molecule has 2 aromatic carbocycles. The normalized spacial score (nSPS) is 13.2. The van der Waals surface area contributed by atoms with Gasteiger partial charge in [0.1, 0.15) is 22.8 Å². The zero-order valence-corrected chi connectivity index (χ0v) is 25.5. The molecule has 232 valence electrons. The average Bonchev–Trinajstić information content (AvgIpc) is 3.53. The van der Waals surface area contributed by atoms with Crippen LogP contribution in [-0.2, 0) is 16.6 Å². The van der Waals surface area contributed by atoms with E-state index in [2.05, 4.69) is 25.2 Å². The second-order valence-electron chi connectivity index (χ2n) is 10.5. The van der Waals surface area contributed by atoms with Gasteiger partial charge in [-0.3, -0.25) is 24.8 Å². The molecular formula is C30H29N7O6S2. The van der Waals surface area contributed by atoms with E-state index in [9.17, 15) is 23.3 Å². The number of ether oxygens (including phenoxy) is 1. The Morgan fingerprint density at radius 2 is 2.00 bits per heavy atom. The van der Waals surface area contributed by atoms with Gasteiger partial charge in [-0.05, 0) is 55.7 Å². The van der Waals surface area contributed by atoms with Crippen molar-refractivity contribution < 1.29 is 22.9 Å². The predicted octanol–water partition coefficient (Wildman–Crippen LogP) is 5.31. The number of fused-ring (bicyclic) bond motifs is 1. The van der Waals surface area contributed by atoms with Crippen LogP contribution in [0.15, 0.2) is 83.6 Å². The van der Waals surface area contributed by atoms with Crippen molar-refractivity contribution in [3.05, 3.63) is 99.3 Å². The number of pyridine rings is 1. The first kappa shape index (κ1) is 30.2. The predicted molar refractivity (Wildman–Crippen MR) is 169 cm³/mol. The lowest BCUT2D eigenvalue weighted by Gasteiger charge is -2.21. The number of carbonyl (C=O) groups is 1. The minimum Gasteiger partial charge on any atom is -0.455 e. The van der Waals surface area contributed by atoms with Crippen molar-refractivity contribution in [3.8, 4) is 11.5 Å². The van der Waals surface area contributed by atoms with Crippen molar-refractivity contribution in [2.75, 3.05) is 18.4 Å². The standard InChI is InChI=1S/C30H29N7O6S2/c38-30(25-4-1-2-5-28(25)43-22-14-20-10-12-33-29(20)34-16-22)35-45(41,42)24-8-9-26(27(15-24)37(39)40)32-11-3-13-36(21-6-7-21)18-23-17-31-19-44-23/h1-2,4-5,8-10,12,14-17,19,21,32H,3,6-7,11,13,18H2,(H,33,34)(H,35,38). The second-order valence-corrected chi connectivity index (χ2v) is 13.2. The van der Waals surface area contributed by atoms with Crippen molar-refractivity contribution in [3.63, 3.8) is 0 Å². The maximum absolute atomic E-state index is 13.2. The summed E-state index contributed by atoms with van der Waals surface area (Å²) >= 11 is 1.62. The summed E-state index contributed by atoms with van der Waals surface area (Å²) in [6.07, 6.45) is 8.13. The van der Waals surface area contributed by atoms with E-state index in [0.717, 1.165) is 43.8 Å². The zero-order valence-electron chi connectivity index (χ0n) is 23.9. The van der Waals surface area contributed by atoms with Gasteiger partial charge in [-0.25, -0.2) is 18.1 Å². The lowest BCUT2D eigenvalue weighted by molar-refractivity contribution is -0.384. The lowest BCUT2D eigenvalue weighted by Crippen LogP contribution is -2.31. The fourth-order valence-corrected chi connectivity index (χ4v) is 6.52. The maximum atomic E-state index is 13.2. The molecule has 1 amide bonds. The maximum Gasteiger partial charge on any atom is 0.293 e. The molecule has 1 aliphatic carbocycles. The first-order valence-corrected chi connectivity index (χ1v) is 16.5. The van der Waals surface area contributed by atoms with Crippen LogP contribution in [0.3, 0.4) is 0 Å². The summed E-state index contributed by atoms with van der Waals surface area (Å²) in [6, 6.07) is 13.7. The van der Waals surface area contributed by atoms with Crippen LogP contribution in [0.5, 0.6) is 11.5 Å². The molecule has 0 spiro atoms. The van der Waals surface area contributed by atoms with Crippen LogP contribution in [0.2, 0.25) is 0 Å². The number of nitrogens with zero attached hydrogens (tertiary/aromatic N) is 4. The van der Waals surface area contributed by atoms with Gasteiger partial charge < -0.3 is 15.0 Å². The lowest BCUT2D eigenvalue weighted by atomic mass is 10.2. The Bertz CT molecular complexity index is 1940. The molecule has 1 fully saturated rings. The van der Waals surface area contributed by atoms with E-state index in [1.165, 1.54) is 35.3 Å². The summed E-state index contributed by atoms with van der Waals surface area (Å²) in [7, 11) is -4.47. The van der Waals surface area contributed by atoms with Crippen LogP contribution in [-0.4, -0.2) is 58.2 Å². The molecule has 1 aliphatic rings. The number of nitrogens with one attached hydrogen (secondary N) is 3. The molecule has 5 aromatic rings. The van der Waals surface area contributed by atoms with E-state index in [1.54, 1.807) is 35.7 Å². The molecule has 3 aromatic heterocycles. The highest BCUT2D eigenvalue weighted by atomic mass is 32.2. The summed E-state index contributed by atoms with van der Waals surface area (Å²) in [6.45, 7) is 2.09. The number of anilines is 1.